The van der Waals surface area contributed by atoms with E-state index in [1.807, 2.05) is 42.6 Å². The fourth-order valence-electron chi connectivity index (χ4n) is 6.76. The molecule has 1 radical (unpaired) electrons. The van der Waals surface area contributed by atoms with Crippen molar-refractivity contribution < 1.29 is 24.5 Å². The van der Waals surface area contributed by atoms with Gasteiger partial charge in [0.15, 0.2) is 0 Å². The van der Waals surface area contributed by atoms with E-state index in [1.54, 1.807) is 17.4 Å². The molecule has 3 aromatic heterocycles. The van der Waals surface area contributed by atoms with Gasteiger partial charge in [0.1, 0.15) is 5.82 Å². The third-order valence-corrected chi connectivity index (χ3v) is 14.4. The molecule has 6 heteroatoms. The number of rotatable bonds is 6. The standard InChI is InChI=1S/C23H19FNS.C19H26GeN.Ir/c24-19-6-3-7-22-23(19)18-14-17(8-9-21(18)26-22)20-13-16(10-11-25-20)12-15-4-1-2-5-15;1-19(2,3)13-16-12-18(15-10-8-7-9-11-15)21-14-17(16)20(4,5)6;/h3,6-7,9-11,13-15H,1-2,4-5,12H2;7-10,12,14H,13H2,1-6H3;/q2*-1;. The molecule has 1 fully saturated rings. The van der Waals surface area contributed by atoms with Crippen molar-refractivity contribution in [1.82, 2.24) is 9.97 Å². The second-order valence-electron chi connectivity index (χ2n) is 15.2. The van der Waals surface area contributed by atoms with Gasteiger partial charge in [0.2, 0.25) is 0 Å². The minimum atomic E-state index is -1.90. The van der Waals surface area contributed by atoms with Crippen LogP contribution >= 0.6 is 11.3 Å². The van der Waals surface area contributed by atoms with E-state index in [0.717, 1.165) is 56.1 Å². The van der Waals surface area contributed by atoms with Crippen LogP contribution in [0.25, 0.3) is 42.7 Å². The van der Waals surface area contributed by atoms with Crippen LogP contribution in [0.2, 0.25) is 17.3 Å². The third kappa shape index (κ3) is 8.90. The zero-order valence-corrected chi connectivity index (χ0v) is 34.2. The minimum absolute atomic E-state index is 0. The molecule has 0 amide bonds. The molecule has 6 aromatic rings. The van der Waals surface area contributed by atoms with Crippen LogP contribution in [0.5, 0.6) is 0 Å². The van der Waals surface area contributed by atoms with Crippen LogP contribution in [0.15, 0.2) is 85.2 Å². The van der Waals surface area contributed by atoms with E-state index in [4.69, 9.17) is 4.98 Å². The van der Waals surface area contributed by atoms with Crippen molar-refractivity contribution in [2.24, 2.45) is 11.3 Å². The van der Waals surface area contributed by atoms with Gasteiger partial charge in [-0.05, 0) is 40.9 Å². The van der Waals surface area contributed by atoms with Crippen LogP contribution in [0.3, 0.4) is 0 Å². The van der Waals surface area contributed by atoms with Crippen molar-refractivity contribution in [2.45, 2.75) is 76.6 Å². The Morgan fingerprint density at radius 2 is 1.65 bits per heavy atom. The molecule has 251 valence electrons. The van der Waals surface area contributed by atoms with Gasteiger partial charge in [-0.25, -0.2) is 4.39 Å². The van der Waals surface area contributed by atoms with Crippen LogP contribution in [-0.2, 0) is 32.9 Å². The van der Waals surface area contributed by atoms with E-state index >= 15 is 0 Å². The summed E-state index contributed by atoms with van der Waals surface area (Å²) in [6.07, 6.45) is 11.7. The Labute approximate surface area is 306 Å². The molecule has 1 saturated carbocycles. The number of aromatic nitrogens is 2. The molecule has 0 bridgehead atoms. The molecule has 3 aromatic carbocycles. The van der Waals surface area contributed by atoms with Gasteiger partial charge in [-0.2, -0.15) is 11.3 Å². The van der Waals surface area contributed by atoms with E-state index in [0.29, 0.717) is 10.8 Å². The van der Waals surface area contributed by atoms with Crippen molar-refractivity contribution in [2.75, 3.05) is 0 Å². The van der Waals surface area contributed by atoms with E-state index in [1.165, 1.54) is 47.3 Å². The van der Waals surface area contributed by atoms with Gasteiger partial charge in [0, 0.05) is 36.4 Å². The van der Waals surface area contributed by atoms with Crippen molar-refractivity contribution in [3.8, 4) is 22.5 Å². The average molecular weight is 894 g/mol. The molecular weight excluding hydrogens is 848 g/mol. The summed E-state index contributed by atoms with van der Waals surface area (Å²) in [5.74, 6) is 7.98. The monoisotopic (exact) mass is 895 g/mol. The third-order valence-electron chi connectivity index (χ3n) is 8.98. The zero-order chi connectivity index (χ0) is 33.2. The fraction of sp³-hybridized carbons (Fsp3) is 0.333. The largest absolute Gasteiger partial charge is 0.305 e. The SMILES string of the molecule is CC(C)(C)Cc1cc(-c2[c-]cccc2)nc[c]1[Ge]([CH3])([CH3])[CH3].Fc1cccc2sc3c[c-]c(-c4cc(CC5CCCC5)ccn4)cc3c12.[Ir]. The van der Waals surface area contributed by atoms with Crippen molar-refractivity contribution in [3.63, 3.8) is 0 Å². The number of halogens is 1. The maximum atomic E-state index is 14.4. The van der Waals surface area contributed by atoms with E-state index < -0.39 is 13.3 Å². The maximum absolute atomic E-state index is 14.4. The topological polar surface area (TPSA) is 25.8 Å². The number of thiophene rings is 1. The molecule has 1 aliphatic rings. The fourth-order valence-corrected chi connectivity index (χ4v) is 11.1. The molecule has 48 heavy (non-hydrogen) atoms. The predicted octanol–water partition coefficient (Wildman–Crippen LogP) is 11.5. The van der Waals surface area contributed by atoms with E-state index in [-0.39, 0.29) is 25.9 Å². The summed E-state index contributed by atoms with van der Waals surface area (Å²) in [6, 6.07) is 30.6. The molecule has 0 aliphatic heterocycles. The quantitative estimate of drug-likeness (QED) is 0.123. The summed E-state index contributed by atoms with van der Waals surface area (Å²) in [5, 5.41) is 1.67. The Kier molecular flexibility index (Phi) is 11.8. The van der Waals surface area contributed by atoms with Gasteiger partial charge >= 0.3 is 132 Å². The first kappa shape index (κ1) is 36.6. The van der Waals surface area contributed by atoms with Crippen LogP contribution in [-0.4, -0.2) is 23.2 Å². The summed E-state index contributed by atoms with van der Waals surface area (Å²) in [5.41, 5.74) is 7.12. The molecule has 0 N–H and O–H groups in total. The summed E-state index contributed by atoms with van der Waals surface area (Å²) < 4.78 is 17.9. The summed E-state index contributed by atoms with van der Waals surface area (Å²) >= 11 is -0.284. The van der Waals surface area contributed by atoms with Crippen LogP contribution in [0.1, 0.15) is 57.6 Å². The minimum Gasteiger partial charge on any atom is -0.305 e. The average Bonchev–Trinajstić information content (AvgIpc) is 3.68. The Morgan fingerprint density at radius 1 is 0.875 bits per heavy atom. The van der Waals surface area contributed by atoms with Crippen LogP contribution in [0, 0.1) is 29.3 Å². The number of fused-ring (bicyclic) bond motifs is 3. The van der Waals surface area contributed by atoms with E-state index in [2.05, 4.69) is 85.6 Å². The molecule has 2 nitrogen and oxygen atoms in total. The predicted molar refractivity (Wildman–Crippen MR) is 202 cm³/mol. The number of hydrogen-bond acceptors (Lipinski definition) is 3. The van der Waals surface area contributed by atoms with E-state index in [9.17, 15) is 4.39 Å². The van der Waals surface area contributed by atoms with Gasteiger partial charge in [0.05, 0.1) is 0 Å². The molecular formula is C42H45FGeIrN2S-2. The van der Waals surface area contributed by atoms with Gasteiger partial charge in [0.25, 0.3) is 0 Å². The summed E-state index contributed by atoms with van der Waals surface area (Å²) in [4.78, 5) is 9.28. The number of hydrogen-bond donors (Lipinski definition) is 0. The summed E-state index contributed by atoms with van der Waals surface area (Å²) in [7, 11) is 0. The van der Waals surface area contributed by atoms with Crippen molar-refractivity contribution >= 4 is 49.2 Å². The maximum Gasteiger partial charge on any atom is 0.130 e. The summed E-state index contributed by atoms with van der Waals surface area (Å²) in [6.45, 7) is 6.92. The van der Waals surface area contributed by atoms with Crippen LogP contribution in [0.4, 0.5) is 4.39 Å². The molecule has 7 rings (SSSR count). The normalized spacial score (nSPS) is 13.7. The molecule has 0 unspecified atom stereocenters. The molecule has 0 spiro atoms. The number of pyridine rings is 2. The molecule has 0 atom stereocenters. The number of benzene rings is 3. The zero-order valence-electron chi connectivity index (χ0n) is 28.9. The molecule has 3 heterocycles. The van der Waals surface area contributed by atoms with Crippen molar-refractivity contribution in [3.05, 3.63) is 114 Å². The smallest absolute Gasteiger partial charge is 0.130 e. The molecule has 1 aliphatic carbocycles. The Hall–Kier alpha value is -2.70. The van der Waals surface area contributed by atoms with Crippen molar-refractivity contribution in [1.29, 1.82) is 0 Å². The Morgan fingerprint density at radius 3 is 2.35 bits per heavy atom. The molecule has 0 saturated heterocycles. The Bertz CT molecular complexity index is 1990. The second kappa shape index (κ2) is 15.5. The van der Waals surface area contributed by atoms with Crippen LogP contribution < -0.4 is 4.40 Å². The Balaban J connectivity index is 0.000000189. The first-order valence-electron chi connectivity index (χ1n) is 16.9. The van der Waals surface area contributed by atoms with Gasteiger partial charge in [-0.15, -0.1) is 23.8 Å². The first-order chi connectivity index (χ1) is 22.4. The van der Waals surface area contributed by atoms with Gasteiger partial charge < -0.3 is 4.98 Å². The van der Waals surface area contributed by atoms with Gasteiger partial charge in [-0.1, -0.05) is 48.8 Å². The van der Waals surface area contributed by atoms with Gasteiger partial charge in [-0.3, -0.25) is 0 Å². The second-order valence-corrected chi connectivity index (χ2v) is 26.9. The first-order valence-corrected chi connectivity index (χ1v) is 25.0. The number of nitrogens with zero attached hydrogens (tertiary/aromatic N) is 2.